The van der Waals surface area contributed by atoms with Crippen LogP contribution < -0.4 is 19.7 Å². The van der Waals surface area contributed by atoms with Gasteiger partial charge in [0.2, 0.25) is 0 Å². The summed E-state index contributed by atoms with van der Waals surface area (Å²) in [6.45, 7) is 4.66. The first kappa shape index (κ1) is 19.4. The lowest BCUT2D eigenvalue weighted by Gasteiger charge is -2.30. The third-order valence-electron chi connectivity index (χ3n) is 4.73. The van der Waals surface area contributed by atoms with Gasteiger partial charge >= 0.3 is 0 Å². The molecule has 1 aliphatic rings. The molecule has 0 fully saturated rings. The third kappa shape index (κ3) is 4.50. The van der Waals surface area contributed by atoms with E-state index in [1.54, 1.807) is 14.2 Å². The quantitative estimate of drug-likeness (QED) is 0.788. The fraction of sp³-hybridized carbons (Fsp3) is 0.381. The van der Waals surface area contributed by atoms with Crippen LogP contribution in [0.1, 0.15) is 22.8 Å². The zero-order valence-electron chi connectivity index (χ0n) is 16.1. The average molecular weight is 387 g/mol. The van der Waals surface area contributed by atoms with Gasteiger partial charge in [0, 0.05) is 35.8 Å². The summed E-state index contributed by atoms with van der Waals surface area (Å²) in [5, 5.41) is 3.02. The van der Waals surface area contributed by atoms with Crippen LogP contribution in [0, 0.1) is 0 Å². The van der Waals surface area contributed by atoms with E-state index in [1.165, 1.54) is 4.90 Å². The lowest BCUT2D eigenvalue weighted by Crippen LogP contribution is -2.30. The van der Waals surface area contributed by atoms with Gasteiger partial charge in [-0.05, 0) is 55.3 Å². The fourth-order valence-electron chi connectivity index (χ4n) is 3.23. The molecule has 2 aromatic carbocycles. The summed E-state index contributed by atoms with van der Waals surface area (Å²) in [5.41, 5.74) is 2.87. The number of nitrogens with one attached hydrogen (secondary N) is 1. The molecule has 0 aromatic heterocycles. The van der Waals surface area contributed by atoms with E-state index in [2.05, 4.69) is 23.2 Å². The van der Waals surface area contributed by atoms with Gasteiger partial charge in [-0.25, -0.2) is 0 Å². The molecule has 2 aromatic rings. The predicted octanol–water partition coefficient (Wildman–Crippen LogP) is 3.61. The van der Waals surface area contributed by atoms with E-state index in [-0.39, 0.29) is 5.91 Å². The second-order valence-corrected chi connectivity index (χ2v) is 7.43. The number of ether oxygens (including phenoxy) is 2. The van der Waals surface area contributed by atoms with Gasteiger partial charge in [0.25, 0.3) is 5.91 Å². The molecule has 27 heavy (non-hydrogen) atoms. The summed E-state index contributed by atoms with van der Waals surface area (Å²) >= 11 is 1.85. The van der Waals surface area contributed by atoms with Crippen LogP contribution in [0.25, 0.3) is 0 Å². The minimum absolute atomic E-state index is 0.0497. The number of rotatable bonds is 7. The maximum absolute atomic E-state index is 12.6. The van der Waals surface area contributed by atoms with Gasteiger partial charge < -0.3 is 19.7 Å². The van der Waals surface area contributed by atoms with Crippen molar-refractivity contribution in [3.05, 3.63) is 47.5 Å². The highest BCUT2D eigenvalue weighted by Gasteiger charge is 2.18. The van der Waals surface area contributed by atoms with Crippen LogP contribution in [0.5, 0.6) is 11.5 Å². The Labute approximate surface area is 165 Å². The molecule has 1 heterocycles. The number of thioether (sulfide) groups is 1. The number of nitrogens with zero attached hydrogens (tertiary/aromatic N) is 1. The number of carbonyl (C=O) groups excluding carboxylic acids is 1. The molecule has 144 valence electrons. The molecule has 0 spiro atoms. The Bertz CT molecular complexity index is 810. The van der Waals surface area contributed by atoms with Crippen LogP contribution in [-0.4, -0.2) is 45.5 Å². The van der Waals surface area contributed by atoms with Crippen molar-refractivity contribution < 1.29 is 14.3 Å². The van der Waals surface area contributed by atoms with Crippen LogP contribution in [0.2, 0.25) is 0 Å². The topological polar surface area (TPSA) is 50.8 Å². The molecular formula is C21H26N2O3S. The molecule has 5 nitrogen and oxygen atoms in total. The summed E-state index contributed by atoms with van der Waals surface area (Å²) in [4.78, 5) is 16.2. The van der Waals surface area contributed by atoms with Crippen LogP contribution in [-0.2, 0) is 6.42 Å². The Balaban J connectivity index is 1.65. The predicted molar refractivity (Wildman–Crippen MR) is 111 cm³/mol. The molecule has 0 unspecified atom stereocenters. The Kier molecular flexibility index (Phi) is 6.50. The van der Waals surface area contributed by atoms with Crippen LogP contribution in [0.3, 0.4) is 0 Å². The smallest absolute Gasteiger partial charge is 0.251 e. The molecule has 1 aliphatic heterocycles. The van der Waals surface area contributed by atoms with Crippen LogP contribution in [0.4, 0.5) is 5.69 Å². The normalized spacial score (nSPS) is 13.1. The molecule has 0 aliphatic carbocycles. The summed E-state index contributed by atoms with van der Waals surface area (Å²) in [7, 11) is 3.29. The van der Waals surface area contributed by atoms with Gasteiger partial charge in [-0.1, -0.05) is 0 Å². The number of methoxy groups -OCH3 is 2. The number of benzene rings is 2. The van der Waals surface area contributed by atoms with Crippen molar-refractivity contribution in [3.63, 3.8) is 0 Å². The zero-order chi connectivity index (χ0) is 19.2. The van der Waals surface area contributed by atoms with E-state index in [1.807, 2.05) is 42.1 Å². The van der Waals surface area contributed by atoms with Gasteiger partial charge in [-0.3, -0.25) is 4.79 Å². The first-order chi connectivity index (χ1) is 13.2. The number of hydrogen-bond donors (Lipinski definition) is 1. The second-order valence-electron chi connectivity index (χ2n) is 6.29. The Morgan fingerprint density at radius 1 is 1.19 bits per heavy atom. The van der Waals surface area contributed by atoms with Crippen molar-refractivity contribution in [3.8, 4) is 11.5 Å². The van der Waals surface area contributed by atoms with E-state index in [4.69, 9.17) is 9.47 Å². The largest absolute Gasteiger partial charge is 0.497 e. The maximum atomic E-state index is 12.6. The second kappa shape index (κ2) is 9.04. The third-order valence-corrected chi connectivity index (χ3v) is 5.77. The molecule has 3 rings (SSSR count). The minimum Gasteiger partial charge on any atom is -0.497 e. The van der Waals surface area contributed by atoms with Gasteiger partial charge in [0.1, 0.15) is 11.5 Å². The zero-order valence-corrected chi connectivity index (χ0v) is 16.9. The first-order valence-corrected chi connectivity index (χ1v) is 10.2. The highest BCUT2D eigenvalue weighted by molar-refractivity contribution is 7.99. The molecular weight excluding hydrogens is 360 g/mol. The molecule has 1 amide bonds. The van der Waals surface area contributed by atoms with Crippen molar-refractivity contribution in [2.45, 2.75) is 18.2 Å². The molecule has 0 atom stereocenters. The van der Waals surface area contributed by atoms with Crippen molar-refractivity contribution in [2.75, 3.05) is 44.5 Å². The monoisotopic (exact) mass is 386 g/mol. The number of carbonyl (C=O) groups is 1. The number of amides is 1. The van der Waals surface area contributed by atoms with Crippen LogP contribution >= 0.6 is 11.8 Å². The molecule has 0 saturated heterocycles. The lowest BCUT2D eigenvalue weighted by atomic mass is 10.1. The minimum atomic E-state index is -0.0497. The van der Waals surface area contributed by atoms with E-state index in [9.17, 15) is 4.79 Å². The summed E-state index contributed by atoms with van der Waals surface area (Å²) in [5.74, 6) is 2.62. The van der Waals surface area contributed by atoms with Crippen molar-refractivity contribution in [1.29, 1.82) is 0 Å². The van der Waals surface area contributed by atoms with Gasteiger partial charge in [0.05, 0.1) is 19.9 Å². The van der Waals surface area contributed by atoms with Gasteiger partial charge in [0.15, 0.2) is 0 Å². The maximum Gasteiger partial charge on any atom is 0.251 e. The van der Waals surface area contributed by atoms with E-state index in [0.717, 1.165) is 41.6 Å². The Hall–Kier alpha value is -2.34. The standard InChI is InChI=1S/C21H26N2O3S/c1-4-23-11-12-27-20-8-5-16(14-18(20)23)21(24)22-10-9-15-13-17(25-2)6-7-19(15)26-3/h5-8,13-14H,4,9-12H2,1-3H3,(H,22,24). The summed E-state index contributed by atoms with van der Waals surface area (Å²) in [6, 6.07) is 11.7. The van der Waals surface area contributed by atoms with Gasteiger partial charge in [-0.2, -0.15) is 0 Å². The molecule has 6 heteroatoms. The SMILES string of the molecule is CCN1CCSc2ccc(C(=O)NCCc3cc(OC)ccc3OC)cc21. The number of anilines is 1. The molecule has 0 radical (unpaired) electrons. The summed E-state index contributed by atoms with van der Waals surface area (Å²) in [6.07, 6.45) is 0.675. The fourth-order valence-corrected chi connectivity index (χ4v) is 4.26. The Morgan fingerprint density at radius 2 is 2.04 bits per heavy atom. The lowest BCUT2D eigenvalue weighted by molar-refractivity contribution is 0.0954. The van der Waals surface area contributed by atoms with Crippen molar-refractivity contribution in [1.82, 2.24) is 5.32 Å². The van der Waals surface area contributed by atoms with Crippen LogP contribution in [0.15, 0.2) is 41.3 Å². The molecule has 0 saturated carbocycles. The highest BCUT2D eigenvalue weighted by atomic mass is 32.2. The first-order valence-electron chi connectivity index (χ1n) is 9.17. The summed E-state index contributed by atoms with van der Waals surface area (Å²) < 4.78 is 10.7. The Morgan fingerprint density at radius 3 is 2.78 bits per heavy atom. The van der Waals surface area contributed by atoms with E-state index >= 15 is 0 Å². The number of fused-ring (bicyclic) bond motifs is 1. The van der Waals surface area contributed by atoms with E-state index in [0.29, 0.717) is 18.5 Å². The van der Waals surface area contributed by atoms with Gasteiger partial charge in [-0.15, -0.1) is 11.8 Å². The number of hydrogen-bond acceptors (Lipinski definition) is 5. The average Bonchev–Trinajstić information content (AvgIpc) is 2.72. The van der Waals surface area contributed by atoms with Crippen molar-refractivity contribution >= 4 is 23.4 Å². The molecule has 0 bridgehead atoms. The molecule has 1 N–H and O–H groups in total. The highest BCUT2D eigenvalue weighted by Crippen LogP contribution is 2.35. The van der Waals surface area contributed by atoms with E-state index < -0.39 is 0 Å². The van der Waals surface area contributed by atoms with Crippen molar-refractivity contribution in [2.24, 2.45) is 0 Å².